The number of para-hydroxylation sites is 1. The molecule has 0 aliphatic carbocycles. The van der Waals surface area contributed by atoms with Crippen LogP contribution in [0, 0.1) is 0 Å². The van der Waals surface area contributed by atoms with Crippen molar-refractivity contribution >= 4 is 11.6 Å². The van der Waals surface area contributed by atoms with Gasteiger partial charge in [-0.2, -0.15) is 5.10 Å². The summed E-state index contributed by atoms with van der Waals surface area (Å²) in [4.78, 5) is 0. The fourth-order valence-electron chi connectivity index (χ4n) is 3.20. The van der Waals surface area contributed by atoms with Crippen molar-refractivity contribution in [3.05, 3.63) is 107 Å². The van der Waals surface area contributed by atoms with Crippen LogP contribution in [0.1, 0.15) is 11.1 Å². The molecule has 0 atom stereocenters. The van der Waals surface area contributed by atoms with Gasteiger partial charge in [-0.1, -0.05) is 72.3 Å². The van der Waals surface area contributed by atoms with Gasteiger partial charge < -0.3 is 5.32 Å². The molecule has 3 nitrogen and oxygen atoms in total. The van der Waals surface area contributed by atoms with Crippen molar-refractivity contribution in [2.75, 3.05) is 6.54 Å². The van der Waals surface area contributed by atoms with E-state index in [1.165, 1.54) is 11.1 Å². The van der Waals surface area contributed by atoms with Crippen LogP contribution in [0.2, 0.25) is 5.02 Å². The molecule has 0 radical (unpaired) electrons. The van der Waals surface area contributed by atoms with E-state index in [1.807, 2.05) is 53.2 Å². The second-order valence-electron chi connectivity index (χ2n) is 6.70. The van der Waals surface area contributed by atoms with Gasteiger partial charge in [0.25, 0.3) is 0 Å². The maximum absolute atomic E-state index is 6.06. The smallest absolute Gasteiger partial charge is 0.0972 e. The maximum atomic E-state index is 6.06. The maximum Gasteiger partial charge on any atom is 0.0972 e. The topological polar surface area (TPSA) is 29.9 Å². The van der Waals surface area contributed by atoms with Crippen molar-refractivity contribution in [2.24, 2.45) is 0 Å². The van der Waals surface area contributed by atoms with Crippen molar-refractivity contribution in [2.45, 2.75) is 13.0 Å². The SMILES string of the molecule is Clc1ccc(-c2nn(-c3ccccc3)cc2CNCCc2ccccc2)cc1. The highest BCUT2D eigenvalue weighted by Crippen LogP contribution is 2.25. The Labute approximate surface area is 170 Å². The number of halogens is 1. The molecular formula is C24H22ClN3. The first-order chi connectivity index (χ1) is 13.8. The molecule has 1 N–H and O–H groups in total. The lowest BCUT2D eigenvalue weighted by molar-refractivity contribution is 0.687. The van der Waals surface area contributed by atoms with Crippen molar-refractivity contribution in [1.82, 2.24) is 15.1 Å². The van der Waals surface area contributed by atoms with Crippen LogP contribution < -0.4 is 5.32 Å². The van der Waals surface area contributed by atoms with Crippen molar-refractivity contribution in [3.8, 4) is 16.9 Å². The summed E-state index contributed by atoms with van der Waals surface area (Å²) in [5.41, 5.74) is 5.60. The highest BCUT2D eigenvalue weighted by atomic mass is 35.5. The van der Waals surface area contributed by atoms with Crippen LogP contribution in [0.3, 0.4) is 0 Å². The highest BCUT2D eigenvalue weighted by Gasteiger charge is 2.12. The number of nitrogens with zero attached hydrogens (tertiary/aromatic N) is 2. The van der Waals surface area contributed by atoms with E-state index in [9.17, 15) is 0 Å². The summed E-state index contributed by atoms with van der Waals surface area (Å²) >= 11 is 6.06. The fourth-order valence-corrected chi connectivity index (χ4v) is 3.33. The van der Waals surface area contributed by atoms with Gasteiger partial charge in [0.15, 0.2) is 0 Å². The lowest BCUT2D eigenvalue weighted by Crippen LogP contribution is -2.16. The lowest BCUT2D eigenvalue weighted by atomic mass is 10.1. The van der Waals surface area contributed by atoms with Gasteiger partial charge in [0, 0.05) is 28.9 Å². The molecule has 0 saturated carbocycles. The number of nitrogens with one attached hydrogen (secondary N) is 1. The Kier molecular flexibility index (Phi) is 5.86. The number of rotatable bonds is 7. The molecule has 4 aromatic rings. The molecule has 0 aliphatic rings. The molecule has 140 valence electrons. The van der Waals surface area contributed by atoms with Gasteiger partial charge in [0.1, 0.15) is 0 Å². The Balaban J connectivity index is 1.54. The van der Waals surface area contributed by atoms with Gasteiger partial charge >= 0.3 is 0 Å². The lowest BCUT2D eigenvalue weighted by Gasteiger charge is -2.06. The second-order valence-corrected chi connectivity index (χ2v) is 7.14. The van der Waals surface area contributed by atoms with E-state index in [-0.39, 0.29) is 0 Å². The Bertz CT molecular complexity index is 1010. The summed E-state index contributed by atoms with van der Waals surface area (Å²) in [7, 11) is 0. The normalized spacial score (nSPS) is 10.9. The molecule has 0 bridgehead atoms. The van der Waals surface area contributed by atoms with Gasteiger partial charge in [-0.15, -0.1) is 0 Å². The quantitative estimate of drug-likeness (QED) is 0.423. The predicted octanol–water partition coefficient (Wildman–Crippen LogP) is 5.53. The first-order valence-corrected chi connectivity index (χ1v) is 9.82. The van der Waals surface area contributed by atoms with Crippen LogP contribution in [0.25, 0.3) is 16.9 Å². The largest absolute Gasteiger partial charge is 0.312 e. The third kappa shape index (κ3) is 4.50. The predicted molar refractivity (Wildman–Crippen MR) is 116 cm³/mol. The second kappa shape index (κ2) is 8.87. The van der Waals surface area contributed by atoms with Crippen LogP contribution in [0.15, 0.2) is 91.1 Å². The Morgan fingerprint density at radius 3 is 2.21 bits per heavy atom. The molecule has 0 fully saturated rings. The van der Waals surface area contributed by atoms with Crippen LogP contribution in [-0.4, -0.2) is 16.3 Å². The van der Waals surface area contributed by atoms with Crippen LogP contribution in [0.4, 0.5) is 0 Å². The van der Waals surface area contributed by atoms with Crippen molar-refractivity contribution < 1.29 is 0 Å². The minimum atomic E-state index is 0.730. The van der Waals surface area contributed by atoms with Crippen LogP contribution in [0.5, 0.6) is 0 Å². The zero-order valence-corrected chi connectivity index (χ0v) is 16.3. The van der Waals surface area contributed by atoms with E-state index in [1.54, 1.807) is 0 Å². The van der Waals surface area contributed by atoms with E-state index < -0.39 is 0 Å². The van der Waals surface area contributed by atoms with Crippen molar-refractivity contribution in [1.29, 1.82) is 0 Å². The van der Waals surface area contributed by atoms with E-state index in [4.69, 9.17) is 16.7 Å². The Morgan fingerprint density at radius 1 is 0.821 bits per heavy atom. The summed E-state index contributed by atoms with van der Waals surface area (Å²) in [6, 6.07) is 28.6. The zero-order valence-electron chi connectivity index (χ0n) is 15.6. The average Bonchev–Trinajstić information content (AvgIpc) is 3.17. The molecule has 4 heteroatoms. The molecule has 0 amide bonds. The Morgan fingerprint density at radius 2 is 1.50 bits per heavy atom. The summed E-state index contributed by atoms with van der Waals surface area (Å²) in [5.74, 6) is 0. The monoisotopic (exact) mass is 387 g/mol. The standard InChI is InChI=1S/C24H22ClN3/c25-22-13-11-20(12-14-22)24-21(17-26-16-15-19-7-3-1-4-8-19)18-28(27-24)23-9-5-2-6-10-23/h1-14,18,26H,15-17H2. The first-order valence-electron chi connectivity index (χ1n) is 9.44. The Hall–Kier alpha value is -2.88. The summed E-state index contributed by atoms with van der Waals surface area (Å²) in [6.45, 7) is 1.68. The molecule has 4 rings (SSSR count). The number of hydrogen-bond acceptors (Lipinski definition) is 2. The summed E-state index contributed by atoms with van der Waals surface area (Å²) in [6.07, 6.45) is 3.11. The van der Waals surface area contributed by atoms with E-state index in [0.29, 0.717) is 0 Å². The molecule has 3 aromatic carbocycles. The third-order valence-electron chi connectivity index (χ3n) is 4.68. The zero-order chi connectivity index (χ0) is 19.2. The van der Waals surface area contributed by atoms with Crippen LogP contribution >= 0.6 is 11.6 Å². The molecule has 1 aromatic heterocycles. The molecule has 0 spiro atoms. The van der Waals surface area contributed by atoms with E-state index in [0.717, 1.165) is 41.5 Å². The number of hydrogen-bond donors (Lipinski definition) is 1. The van der Waals surface area contributed by atoms with Crippen LogP contribution in [-0.2, 0) is 13.0 Å². The molecule has 28 heavy (non-hydrogen) atoms. The average molecular weight is 388 g/mol. The van der Waals surface area contributed by atoms with Gasteiger partial charge in [0.05, 0.1) is 11.4 Å². The third-order valence-corrected chi connectivity index (χ3v) is 4.93. The van der Waals surface area contributed by atoms with Gasteiger partial charge in [-0.05, 0) is 42.8 Å². The molecule has 0 unspecified atom stereocenters. The molecular weight excluding hydrogens is 366 g/mol. The summed E-state index contributed by atoms with van der Waals surface area (Å²) in [5, 5.41) is 9.14. The minimum absolute atomic E-state index is 0.730. The molecule has 1 heterocycles. The van der Waals surface area contributed by atoms with Gasteiger partial charge in [-0.25, -0.2) is 4.68 Å². The highest BCUT2D eigenvalue weighted by molar-refractivity contribution is 6.30. The first kappa shape index (κ1) is 18.5. The van der Waals surface area contributed by atoms with Gasteiger partial charge in [0.2, 0.25) is 0 Å². The van der Waals surface area contributed by atoms with Crippen molar-refractivity contribution in [3.63, 3.8) is 0 Å². The van der Waals surface area contributed by atoms with E-state index >= 15 is 0 Å². The molecule has 0 saturated heterocycles. The fraction of sp³-hybridized carbons (Fsp3) is 0.125. The number of aromatic nitrogens is 2. The summed E-state index contributed by atoms with van der Waals surface area (Å²) < 4.78 is 1.94. The van der Waals surface area contributed by atoms with E-state index in [2.05, 4.69) is 47.9 Å². The molecule has 0 aliphatic heterocycles. The van der Waals surface area contributed by atoms with Gasteiger partial charge in [-0.3, -0.25) is 0 Å². The minimum Gasteiger partial charge on any atom is -0.312 e. The number of benzene rings is 3.